The largest absolute Gasteiger partial charge is 0.297 e. The van der Waals surface area contributed by atoms with Crippen molar-refractivity contribution in [2.45, 2.75) is 57.9 Å². The van der Waals surface area contributed by atoms with Gasteiger partial charge in [-0.15, -0.1) is 0 Å². The summed E-state index contributed by atoms with van der Waals surface area (Å²) in [5.74, 6) is 0.920. The summed E-state index contributed by atoms with van der Waals surface area (Å²) in [5, 5.41) is 0. The van der Waals surface area contributed by atoms with Crippen LogP contribution in [0.5, 0.6) is 0 Å². The van der Waals surface area contributed by atoms with Crippen LogP contribution in [0.2, 0.25) is 0 Å². The van der Waals surface area contributed by atoms with E-state index < -0.39 is 0 Å². The van der Waals surface area contributed by atoms with Crippen LogP contribution in [-0.2, 0) is 4.79 Å². The van der Waals surface area contributed by atoms with Gasteiger partial charge in [-0.1, -0.05) is 13.3 Å². The van der Waals surface area contributed by atoms with Crippen LogP contribution >= 0.6 is 0 Å². The number of likely N-dealkylation sites (tertiary alicyclic amines) is 1. The highest BCUT2D eigenvalue weighted by molar-refractivity contribution is 5.91. The molecule has 2 nitrogen and oxygen atoms in total. The lowest BCUT2D eigenvalue weighted by molar-refractivity contribution is -0.132. The molecule has 1 aliphatic carbocycles. The Morgan fingerprint density at radius 3 is 2.33 bits per heavy atom. The van der Waals surface area contributed by atoms with Gasteiger partial charge in [0.25, 0.3) is 0 Å². The summed E-state index contributed by atoms with van der Waals surface area (Å²) in [4.78, 5) is 14.8. The van der Waals surface area contributed by atoms with Crippen molar-refractivity contribution in [3.05, 3.63) is 0 Å². The maximum atomic E-state index is 12.3. The van der Waals surface area contributed by atoms with Gasteiger partial charge >= 0.3 is 0 Å². The maximum absolute atomic E-state index is 12.3. The van der Waals surface area contributed by atoms with Gasteiger partial charge in [0.05, 0.1) is 5.54 Å². The number of hydrogen-bond acceptors (Lipinski definition) is 2. The molecule has 0 bridgehead atoms. The highest BCUT2D eigenvalue weighted by Gasteiger charge is 2.44. The molecule has 1 heterocycles. The lowest BCUT2D eigenvalue weighted by Crippen LogP contribution is -2.54. The van der Waals surface area contributed by atoms with E-state index in [2.05, 4.69) is 18.7 Å². The van der Waals surface area contributed by atoms with E-state index in [1.54, 1.807) is 0 Å². The molecule has 2 aliphatic rings. The van der Waals surface area contributed by atoms with Crippen molar-refractivity contribution in [1.82, 2.24) is 4.90 Å². The third kappa shape index (κ3) is 2.10. The molecule has 0 N–H and O–H groups in total. The van der Waals surface area contributed by atoms with Crippen LogP contribution in [0, 0.1) is 5.92 Å². The summed E-state index contributed by atoms with van der Waals surface area (Å²) in [5.41, 5.74) is -0.151. The standard InChI is InChI=1S/C13H23NO/c1-3-13(2,12(15)11-7-8-11)14-9-5-4-6-10-14/h11H,3-10H2,1-2H3. The Morgan fingerprint density at radius 1 is 1.27 bits per heavy atom. The van der Waals surface area contributed by atoms with Gasteiger partial charge in [-0.2, -0.15) is 0 Å². The van der Waals surface area contributed by atoms with Crippen molar-refractivity contribution in [1.29, 1.82) is 0 Å². The molecule has 1 unspecified atom stereocenters. The summed E-state index contributed by atoms with van der Waals surface area (Å²) in [6.07, 6.45) is 7.14. The first-order valence-electron chi connectivity index (χ1n) is 6.48. The van der Waals surface area contributed by atoms with Gasteiger partial charge < -0.3 is 0 Å². The Hall–Kier alpha value is -0.370. The number of ketones is 1. The van der Waals surface area contributed by atoms with Gasteiger partial charge in [-0.3, -0.25) is 9.69 Å². The van der Waals surface area contributed by atoms with Gasteiger partial charge in [0, 0.05) is 5.92 Å². The Morgan fingerprint density at radius 2 is 1.87 bits per heavy atom. The number of nitrogens with zero attached hydrogens (tertiary/aromatic N) is 1. The van der Waals surface area contributed by atoms with Gasteiger partial charge in [-0.05, 0) is 52.1 Å². The fourth-order valence-electron chi connectivity index (χ4n) is 2.73. The zero-order valence-electron chi connectivity index (χ0n) is 10.1. The van der Waals surface area contributed by atoms with E-state index in [0.717, 1.165) is 32.4 Å². The van der Waals surface area contributed by atoms with Crippen LogP contribution in [0.4, 0.5) is 0 Å². The van der Waals surface area contributed by atoms with Crippen molar-refractivity contribution in [2.75, 3.05) is 13.1 Å². The molecule has 2 rings (SSSR count). The summed E-state index contributed by atoms with van der Waals surface area (Å²) < 4.78 is 0. The minimum Gasteiger partial charge on any atom is -0.297 e. The molecule has 1 saturated carbocycles. The molecule has 0 amide bonds. The molecular formula is C13H23NO. The second-order valence-electron chi connectivity index (χ2n) is 5.31. The first-order valence-corrected chi connectivity index (χ1v) is 6.48. The smallest absolute Gasteiger partial charge is 0.155 e. The average Bonchev–Trinajstić information content (AvgIpc) is 3.12. The predicted octanol–water partition coefficient (Wildman–Crippen LogP) is 2.62. The molecule has 1 aliphatic heterocycles. The maximum Gasteiger partial charge on any atom is 0.155 e. The molecule has 1 saturated heterocycles. The number of carbonyl (C=O) groups excluding carboxylic acids is 1. The third-order valence-corrected chi connectivity index (χ3v) is 4.22. The van der Waals surface area contributed by atoms with Crippen molar-refractivity contribution in [3.63, 3.8) is 0 Å². The molecule has 15 heavy (non-hydrogen) atoms. The Kier molecular flexibility index (Phi) is 3.15. The van der Waals surface area contributed by atoms with Crippen LogP contribution < -0.4 is 0 Å². The molecule has 1 atom stereocenters. The quantitative estimate of drug-likeness (QED) is 0.709. The fourth-order valence-corrected chi connectivity index (χ4v) is 2.73. The summed E-state index contributed by atoms with van der Waals surface area (Å²) >= 11 is 0. The number of Topliss-reactive ketones (excluding diaryl/α,β-unsaturated/α-hetero) is 1. The fraction of sp³-hybridized carbons (Fsp3) is 0.923. The van der Waals surface area contributed by atoms with Crippen LogP contribution in [0.3, 0.4) is 0 Å². The Bertz CT molecular complexity index is 241. The molecular weight excluding hydrogens is 186 g/mol. The topological polar surface area (TPSA) is 20.3 Å². The molecule has 0 aromatic rings. The van der Waals surface area contributed by atoms with E-state index >= 15 is 0 Å². The first-order chi connectivity index (χ1) is 7.18. The van der Waals surface area contributed by atoms with Crippen LogP contribution in [0.1, 0.15) is 52.4 Å². The van der Waals surface area contributed by atoms with Gasteiger partial charge in [0.1, 0.15) is 0 Å². The minimum absolute atomic E-state index is 0.151. The summed E-state index contributed by atoms with van der Waals surface area (Å²) in [6.45, 7) is 6.58. The van der Waals surface area contributed by atoms with E-state index in [1.165, 1.54) is 19.3 Å². The van der Waals surface area contributed by atoms with Gasteiger partial charge in [0.15, 0.2) is 5.78 Å². The van der Waals surface area contributed by atoms with Crippen molar-refractivity contribution in [2.24, 2.45) is 5.92 Å². The second-order valence-corrected chi connectivity index (χ2v) is 5.31. The minimum atomic E-state index is -0.151. The zero-order valence-corrected chi connectivity index (χ0v) is 10.1. The highest BCUT2D eigenvalue weighted by atomic mass is 16.1. The van der Waals surface area contributed by atoms with Crippen LogP contribution in [0.15, 0.2) is 0 Å². The molecule has 0 aromatic carbocycles. The van der Waals surface area contributed by atoms with Crippen molar-refractivity contribution in [3.8, 4) is 0 Å². The second kappa shape index (κ2) is 4.25. The SMILES string of the molecule is CCC(C)(C(=O)C1CC1)N1CCCCC1. The molecule has 0 spiro atoms. The number of hydrogen-bond donors (Lipinski definition) is 0. The molecule has 2 fully saturated rings. The molecule has 2 heteroatoms. The predicted molar refractivity (Wildman–Crippen MR) is 61.9 cm³/mol. The molecule has 0 radical (unpaired) electrons. The Balaban J connectivity index is 2.07. The van der Waals surface area contributed by atoms with Crippen molar-refractivity contribution < 1.29 is 4.79 Å². The molecule has 0 aromatic heterocycles. The number of carbonyl (C=O) groups is 1. The van der Waals surface area contributed by atoms with Gasteiger partial charge in [-0.25, -0.2) is 0 Å². The Labute approximate surface area is 93.0 Å². The van der Waals surface area contributed by atoms with E-state index in [4.69, 9.17) is 0 Å². The monoisotopic (exact) mass is 209 g/mol. The first kappa shape index (κ1) is 11.1. The highest BCUT2D eigenvalue weighted by Crippen LogP contribution is 2.37. The number of piperidine rings is 1. The zero-order chi connectivity index (χ0) is 10.9. The lowest BCUT2D eigenvalue weighted by atomic mass is 9.86. The van der Waals surface area contributed by atoms with E-state index in [1.807, 2.05) is 0 Å². The van der Waals surface area contributed by atoms with E-state index in [0.29, 0.717) is 11.7 Å². The third-order valence-electron chi connectivity index (χ3n) is 4.22. The van der Waals surface area contributed by atoms with E-state index in [-0.39, 0.29) is 5.54 Å². The lowest BCUT2D eigenvalue weighted by Gasteiger charge is -2.42. The number of rotatable bonds is 4. The average molecular weight is 209 g/mol. The summed E-state index contributed by atoms with van der Waals surface area (Å²) in [6, 6.07) is 0. The summed E-state index contributed by atoms with van der Waals surface area (Å²) in [7, 11) is 0. The van der Waals surface area contributed by atoms with Crippen LogP contribution in [-0.4, -0.2) is 29.3 Å². The van der Waals surface area contributed by atoms with Crippen LogP contribution in [0.25, 0.3) is 0 Å². The molecule has 86 valence electrons. The van der Waals surface area contributed by atoms with Gasteiger partial charge in [0.2, 0.25) is 0 Å². The normalized spacial score (nSPS) is 27.3. The van der Waals surface area contributed by atoms with E-state index in [9.17, 15) is 4.79 Å². The van der Waals surface area contributed by atoms with Crippen molar-refractivity contribution >= 4 is 5.78 Å².